The lowest BCUT2D eigenvalue weighted by Crippen LogP contribution is -1.73. The molecule has 0 N–H and O–H groups in total. The number of fused-ring (bicyclic) bond motifs is 1. The van der Waals surface area contributed by atoms with Gasteiger partial charge in [0.05, 0.1) is 5.75 Å². The van der Waals surface area contributed by atoms with Crippen LogP contribution in [0.3, 0.4) is 0 Å². The molecular weight excluding hydrogens is 192 g/mol. The van der Waals surface area contributed by atoms with Crippen molar-refractivity contribution in [1.29, 1.82) is 0 Å². The van der Waals surface area contributed by atoms with Crippen molar-refractivity contribution in [1.82, 2.24) is 0 Å². The Balaban J connectivity index is 2.32. The van der Waals surface area contributed by atoms with Gasteiger partial charge in [0.1, 0.15) is 11.3 Å². The number of aryl methyl sites for hydroxylation is 1. The molecule has 1 aromatic heterocycles. The molecule has 0 atom stereocenters. The van der Waals surface area contributed by atoms with Gasteiger partial charge in [0.2, 0.25) is 0 Å². The first kappa shape index (κ1) is 9.66. The Bertz CT molecular complexity index is 431. The molecule has 0 aliphatic carbocycles. The summed E-state index contributed by atoms with van der Waals surface area (Å²) in [5, 5.41) is 1.21. The lowest BCUT2D eigenvalue weighted by molar-refractivity contribution is 0.574. The van der Waals surface area contributed by atoms with Crippen molar-refractivity contribution in [2.45, 2.75) is 19.6 Å². The largest absolute Gasteiger partial charge is 0.460 e. The fourth-order valence-corrected chi connectivity index (χ4v) is 2.01. The molecule has 0 bridgehead atoms. The molecule has 0 aliphatic heterocycles. The molecule has 2 aromatic rings. The topological polar surface area (TPSA) is 13.1 Å². The van der Waals surface area contributed by atoms with E-state index in [0.29, 0.717) is 0 Å². The minimum absolute atomic E-state index is 0.976. The van der Waals surface area contributed by atoms with Gasteiger partial charge in [-0.1, -0.05) is 19.1 Å². The maximum absolute atomic E-state index is 5.73. The van der Waals surface area contributed by atoms with Crippen LogP contribution in [0, 0.1) is 6.92 Å². The van der Waals surface area contributed by atoms with Crippen LogP contribution in [0.5, 0.6) is 0 Å². The van der Waals surface area contributed by atoms with Crippen molar-refractivity contribution >= 4 is 22.7 Å². The number of thioether (sulfide) groups is 1. The summed E-state index contributed by atoms with van der Waals surface area (Å²) in [6, 6.07) is 8.47. The molecule has 0 saturated carbocycles. The summed E-state index contributed by atoms with van der Waals surface area (Å²) in [5.41, 5.74) is 2.26. The second-order valence-electron chi connectivity index (χ2n) is 3.39. The van der Waals surface area contributed by atoms with E-state index in [-0.39, 0.29) is 0 Å². The molecule has 0 fully saturated rings. The average molecular weight is 206 g/mol. The lowest BCUT2D eigenvalue weighted by atomic mass is 10.2. The van der Waals surface area contributed by atoms with Gasteiger partial charge in [-0.15, -0.1) is 0 Å². The first-order chi connectivity index (χ1) is 6.79. The smallest absolute Gasteiger partial charge is 0.134 e. The van der Waals surface area contributed by atoms with E-state index in [1.54, 1.807) is 0 Å². The Kier molecular flexibility index (Phi) is 2.82. The van der Waals surface area contributed by atoms with E-state index < -0.39 is 0 Å². The molecule has 0 saturated heterocycles. The number of rotatable bonds is 3. The number of hydrogen-bond donors (Lipinski definition) is 0. The van der Waals surface area contributed by atoms with Gasteiger partial charge < -0.3 is 4.42 Å². The standard InChI is InChI=1S/C12H14OS/c1-3-14-8-11-7-10-5-4-9(2)6-12(10)13-11/h4-7H,3,8H2,1-2H3. The van der Waals surface area contributed by atoms with Crippen LogP contribution in [-0.2, 0) is 5.75 Å². The molecule has 1 nitrogen and oxygen atoms in total. The van der Waals surface area contributed by atoms with Crippen LogP contribution in [-0.4, -0.2) is 5.75 Å². The second-order valence-corrected chi connectivity index (χ2v) is 4.67. The number of furan rings is 1. The molecule has 0 aliphatic rings. The third-order valence-electron chi connectivity index (χ3n) is 2.18. The van der Waals surface area contributed by atoms with Crippen molar-refractivity contribution in [3.05, 3.63) is 35.6 Å². The molecule has 0 radical (unpaired) electrons. The Morgan fingerprint density at radius 2 is 2.14 bits per heavy atom. The average Bonchev–Trinajstić information content (AvgIpc) is 2.56. The zero-order chi connectivity index (χ0) is 9.97. The molecule has 0 amide bonds. The van der Waals surface area contributed by atoms with Crippen molar-refractivity contribution < 1.29 is 4.42 Å². The van der Waals surface area contributed by atoms with Crippen LogP contribution >= 0.6 is 11.8 Å². The highest BCUT2D eigenvalue weighted by atomic mass is 32.2. The lowest BCUT2D eigenvalue weighted by Gasteiger charge is -1.92. The normalized spacial score (nSPS) is 11.0. The van der Waals surface area contributed by atoms with Crippen LogP contribution in [0.2, 0.25) is 0 Å². The highest BCUT2D eigenvalue weighted by Crippen LogP contribution is 2.23. The van der Waals surface area contributed by atoms with E-state index >= 15 is 0 Å². The van der Waals surface area contributed by atoms with Gasteiger partial charge in [-0.2, -0.15) is 11.8 Å². The fraction of sp³-hybridized carbons (Fsp3) is 0.333. The van der Waals surface area contributed by atoms with Crippen LogP contribution < -0.4 is 0 Å². The van der Waals surface area contributed by atoms with Gasteiger partial charge in [-0.25, -0.2) is 0 Å². The Hall–Kier alpha value is -0.890. The Morgan fingerprint density at radius 3 is 2.93 bits per heavy atom. The summed E-state index contributed by atoms with van der Waals surface area (Å²) in [5.74, 6) is 3.19. The summed E-state index contributed by atoms with van der Waals surface area (Å²) in [4.78, 5) is 0. The van der Waals surface area contributed by atoms with Crippen molar-refractivity contribution in [2.75, 3.05) is 5.75 Å². The second kappa shape index (κ2) is 4.09. The van der Waals surface area contributed by atoms with E-state index in [1.807, 2.05) is 11.8 Å². The molecule has 0 spiro atoms. The Labute approximate surface area is 88.5 Å². The summed E-state index contributed by atoms with van der Waals surface area (Å²) in [6.45, 7) is 4.25. The minimum Gasteiger partial charge on any atom is -0.460 e. The van der Waals surface area contributed by atoms with E-state index in [1.165, 1.54) is 10.9 Å². The predicted molar refractivity (Wildman–Crippen MR) is 62.8 cm³/mol. The molecule has 1 aromatic carbocycles. The van der Waals surface area contributed by atoms with Gasteiger partial charge in [0.25, 0.3) is 0 Å². The third-order valence-corrected chi connectivity index (χ3v) is 3.07. The molecule has 1 heterocycles. The van der Waals surface area contributed by atoms with Crippen molar-refractivity contribution in [3.63, 3.8) is 0 Å². The van der Waals surface area contributed by atoms with Crippen LogP contribution in [0.4, 0.5) is 0 Å². The fourth-order valence-electron chi connectivity index (χ4n) is 1.47. The van der Waals surface area contributed by atoms with Gasteiger partial charge in [0, 0.05) is 5.39 Å². The maximum Gasteiger partial charge on any atom is 0.134 e. The summed E-state index contributed by atoms with van der Waals surface area (Å²) in [6.07, 6.45) is 0. The van der Waals surface area contributed by atoms with Crippen molar-refractivity contribution in [3.8, 4) is 0 Å². The van der Waals surface area contributed by atoms with E-state index in [0.717, 1.165) is 22.8 Å². The van der Waals surface area contributed by atoms with Crippen LogP contribution in [0.1, 0.15) is 18.2 Å². The zero-order valence-corrected chi connectivity index (χ0v) is 9.36. The molecular formula is C12H14OS. The van der Waals surface area contributed by atoms with E-state index in [9.17, 15) is 0 Å². The van der Waals surface area contributed by atoms with Gasteiger partial charge >= 0.3 is 0 Å². The molecule has 74 valence electrons. The van der Waals surface area contributed by atoms with Crippen LogP contribution in [0.15, 0.2) is 28.7 Å². The highest BCUT2D eigenvalue weighted by Gasteiger charge is 2.02. The highest BCUT2D eigenvalue weighted by molar-refractivity contribution is 7.98. The van der Waals surface area contributed by atoms with E-state index in [2.05, 4.69) is 38.1 Å². The number of hydrogen-bond acceptors (Lipinski definition) is 2. The molecule has 2 heteroatoms. The van der Waals surface area contributed by atoms with Crippen molar-refractivity contribution in [2.24, 2.45) is 0 Å². The van der Waals surface area contributed by atoms with E-state index in [4.69, 9.17) is 4.42 Å². The third kappa shape index (κ3) is 1.95. The molecule has 0 unspecified atom stereocenters. The Morgan fingerprint density at radius 1 is 1.29 bits per heavy atom. The predicted octanol–water partition coefficient (Wildman–Crippen LogP) is 3.99. The number of benzene rings is 1. The SMILES string of the molecule is CCSCc1cc2ccc(C)cc2o1. The van der Waals surface area contributed by atoms with Gasteiger partial charge in [0.15, 0.2) is 0 Å². The summed E-state index contributed by atoms with van der Waals surface area (Å²) >= 11 is 1.89. The molecule has 14 heavy (non-hydrogen) atoms. The zero-order valence-electron chi connectivity index (χ0n) is 8.54. The monoisotopic (exact) mass is 206 g/mol. The quantitative estimate of drug-likeness (QED) is 0.753. The summed E-state index contributed by atoms with van der Waals surface area (Å²) in [7, 11) is 0. The maximum atomic E-state index is 5.73. The van der Waals surface area contributed by atoms with Gasteiger partial charge in [-0.3, -0.25) is 0 Å². The summed E-state index contributed by atoms with van der Waals surface area (Å²) < 4.78 is 5.73. The van der Waals surface area contributed by atoms with Crippen LogP contribution in [0.25, 0.3) is 11.0 Å². The first-order valence-electron chi connectivity index (χ1n) is 4.86. The minimum atomic E-state index is 0.976. The van der Waals surface area contributed by atoms with Gasteiger partial charge in [-0.05, 0) is 30.4 Å². The molecule has 2 rings (SSSR count). The first-order valence-corrected chi connectivity index (χ1v) is 6.02.